The van der Waals surface area contributed by atoms with Gasteiger partial charge in [-0.05, 0) is 119 Å². The minimum absolute atomic E-state index is 0.0266. The van der Waals surface area contributed by atoms with Crippen molar-refractivity contribution in [3.8, 4) is 5.75 Å². The number of hydrogen-bond acceptors (Lipinski definition) is 13. The highest BCUT2D eigenvalue weighted by molar-refractivity contribution is 6.61. The van der Waals surface area contributed by atoms with E-state index < -0.39 is 10.4 Å². The molecule has 0 saturated carbocycles. The normalized spacial score (nSPS) is 13.6. The number of halogens is 1. The van der Waals surface area contributed by atoms with Crippen LogP contribution in [0.5, 0.6) is 5.75 Å². The lowest BCUT2D eigenvalue weighted by molar-refractivity contribution is -0.384. The summed E-state index contributed by atoms with van der Waals surface area (Å²) in [6.45, 7) is 5.16. The maximum Gasteiger partial charge on any atom is 0.409 e. The van der Waals surface area contributed by atoms with E-state index in [1.54, 1.807) is 32.9 Å². The SMILES string of the molecule is NCCCN(C(=O)/C=C/c1n[nH]c2ccccc12)c1ccccc1.O=C(Cl)Oc1ccc([N+](=O)[O-])cc1.O=C(NCCCN(C(=O)/C=C/c1n[nH]c2ccccc12)c1ccccc1)N1CCC(O)CC1.OC1CCNCC1. The van der Waals surface area contributed by atoms with Crippen LogP contribution >= 0.6 is 11.6 Å². The summed E-state index contributed by atoms with van der Waals surface area (Å²) < 4.78 is 4.45. The lowest BCUT2D eigenvalue weighted by atomic mass is 10.1. The van der Waals surface area contributed by atoms with Gasteiger partial charge >= 0.3 is 11.5 Å². The second-order valence-corrected chi connectivity index (χ2v) is 18.0. The number of aliphatic hydroxyl groups is 2. The molecular formula is C56H64ClN11O9. The van der Waals surface area contributed by atoms with E-state index in [9.17, 15) is 34.4 Å². The highest BCUT2D eigenvalue weighted by atomic mass is 35.5. The average molecular weight is 1070 g/mol. The number of nitro groups is 1. The van der Waals surface area contributed by atoms with Gasteiger partial charge < -0.3 is 46.0 Å². The van der Waals surface area contributed by atoms with Crippen molar-refractivity contribution in [1.82, 2.24) is 35.9 Å². The van der Waals surface area contributed by atoms with E-state index in [4.69, 9.17) is 22.4 Å². The Kier molecular flexibility index (Phi) is 23.3. The minimum atomic E-state index is -0.978. The maximum absolute atomic E-state index is 13.1. The fourth-order valence-electron chi connectivity index (χ4n) is 8.05. The molecule has 2 fully saturated rings. The van der Waals surface area contributed by atoms with Crippen LogP contribution < -0.4 is 30.9 Å². The number of urea groups is 1. The van der Waals surface area contributed by atoms with Gasteiger partial charge in [-0.2, -0.15) is 10.2 Å². The Morgan fingerprint density at radius 3 is 1.62 bits per heavy atom. The molecule has 8 N–H and O–H groups in total. The molecule has 4 heterocycles. The molecule has 0 bridgehead atoms. The van der Waals surface area contributed by atoms with Crippen molar-refractivity contribution in [1.29, 1.82) is 0 Å². The fourth-order valence-corrected chi connectivity index (χ4v) is 8.14. The number of aliphatic hydroxyl groups excluding tert-OH is 2. The number of amides is 4. The quantitative estimate of drug-likeness (QED) is 0.0168. The number of piperidine rings is 2. The molecule has 20 nitrogen and oxygen atoms in total. The summed E-state index contributed by atoms with van der Waals surface area (Å²) in [5.41, 5.74) is 9.56. The van der Waals surface area contributed by atoms with Gasteiger partial charge in [0.25, 0.3) is 17.5 Å². The Morgan fingerprint density at radius 2 is 1.17 bits per heavy atom. The molecule has 5 aromatic carbocycles. The zero-order valence-electron chi connectivity index (χ0n) is 42.5. The zero-order valence-corrected chi connectivity index (χ0v) is 43.2. The van der Waals surface area contributed by atoms with Crippen molar-refractivity contribution in [2.75, 3.05) is 62.2 Å². The van der Waals surface area contributed by atoms with Gasteiger partial charge in [-0.25, -0.2) is 9.59 Å². The van der Waals surface area contributed by atoms with Gasteiger partial charge in [0.05, 0.1) is 39.6 Å². The van der Waals surface area contributed by atoms with Crippen molar-refractivity contribution < 1.29 is 39.1 Å². The molecule has 0 radical (unpaired) electrons. The Balaban J connectivity index is 0.000000189. The van der Waals surface area contributed by atoms with Crippen LogP contribution in [0.15, 0.2) is 146 Å². The molecule has 0 spiro atoms. The number of hydrogen-bond donors (Lipinski definition) is 7. The Labute approximate surface area is 450 Å². The van der Waals surface area contributed by atoms with E-state index in [2.05, 4.69) is 35.8 Å². The van der Waals surface area contributed by atoms with Crippen LogP contribution in [0.2, 0.25) is 0 Å². The van der Waals surface area contributed by atoms with E-state index in [1.165, 1.54) is 30.3 Å². The van der Waals surface area contributed by atoms with Gasteiger partial charge in [0, 0.05) is 90.8 Å². The molecule has 0 atom stereocenters. The third-order valence-corrected chi connectivity index (χ3v) is 12.2. The average Bonchev–Trinajstić information content (AvgIpc) is 4.07. The first kappa shape index (κ1) is 58.0. The summed E-state index contributed by atoms with van der Waals surface area (Å²) in [6.07, 6.45) is 10.7. The Hall–Kier alpha value is -8.27. The number of ether oxygens (including phenoxy) is 1. The minimum Gasteiger partial charge on any atom is -0.414 e. The molecule has 77 heavy (non-hydrogen) atoms. The van der Waals surface area contributed by atoms with Gasteiger partial charge in [-0.3, -0.25) is 29.9 Å². The number of aromatic amines is 2. The monoisotopic (exact) mass is 1070 g/mol. The van der Waals surface area contributed by atoms with E-state index in [0.717, 1.165) is 71.2 Å². The Morgan fingerprint density at radius 1 is 0.701 bits per heavy atom. The van der Waals surface area contributed by atoms with E-state index in [-0.39, 0.29) is 41.5 Å². The van der Waals surface area contributed by atoms with Crippen molar-refractivity contribution in [3.63, 3.8) is 0 Å². The highest BCUT2D eigenvalue weighted by Gasteiger charge is 2.21. The standard InChI is InChI=1S/C25H29N5O3.C19H20N4O.C7H4ClNO4.C5H11NO/c31-20-13-17-29(18-14-20)25(33)26-15-6-16-30(19-7-2-1-3-8-19)24(32)12-11-23-21-9-4-5-10-22(21)27-28-23;20-13-6-14-23(15-7-2-1-3-8-15)19(24)12-11-18-16-9-4-5-10-17(16)21-22-18;8-7(10)13-6-3-1-5(2-4-6)9(11)12;7-5-1-3-6-4-2-5/h1-5,7-12,20,31H,6,13-18H2,(H,26,33)(H,27,28);1-5,7-12H,6,13-14,20H2,(H,21,22);1-4H;5-7H,1-4H2/b2*12-11+;;. The number of fused-ring (bicyclic) bond motifs is 2. The third kappa shape index (κ3) is 18.8. The van der Waals surface area contributed by atoms with Gasteiger partial charge in [0.2, 0.25) is 0 Å². The number of nitrogens with two attached hydrogens (primary N) is 1. The van der Waals surface area contributed by atoms with E-state index in [1.807, 2.05) is 109 Å². The fraction of sp³-hybridized carbons (Fsp3) is 0.286. The van der Waals surface area contributed by atoms with Crippen molar-refractivity contribution in [3.05, 3.63) is 167 Å². The smallest absolute Gasteiger partial charge is 0.409 e. The zero-order chi connectivity index (χ0) is 54.8. The first-order valence-corrected chi connectivity index (χ1v) is 25.6. The second-order valence-electron chi connectivity index (χ2n) is 17.6. The van der Waals surface area contributed by atoms with Crippen molar-refractivity contribution in [2.45, 2.75) is 50.7 Å². The number of H-pyrrole nitrogens is 2. The molecular weight excluding hydrogens is 1010 g/mol. The van der Waals surface area contributed by atoms with Crippen LogP contribution in [0.1, 0.15) is 49.9 Å². The molecule has 21 heteroatoms. The van der Waals surface area contributed by atoms with E-state index >= 15 is 0 Å². The highest BCUT2D eigenvalue weighted by Crippen LogP contribution is 2.21. The predicted molar refractivity (Wildman–Crippen MR) is 299 cm³/mol. The van der Waals surface area contributed by atoms with E-state index in [0.29, 0.717) is 64.2 Å². The third-order valence-electron chi connectivity index (χ3n) is 12.2. The number of nitrogens with one attached hydrogen (secondary N) is 4. The van der Waals surface area contributed by atoms with Crippen molar-refractivity contribution in [2.24, 2.45) is 5.73 Å². The number of rotatable bonds is 15. The maximum atomic E-state index is 13.1. The van der Waals surface area contributed by atoms with Crippen LogP contribution in [0.3, 0.4) is 0 Å². The lowest BCUT2D eigenvalue weighted by Gasteiger charge is -2.29. The lowest BCUT2D eigenvalue weighted by Crippen LogP contribution is -2.46. The van der Waals surface area contributed by atoms with Crippen LogP contribution in [-0.4, -0.2) is 128 Å². The van der Waals surface area contributed by atoms with Crippen LogP contribution in [0.4, 0.5) is 26.7 Å². The first-order valence-electron chi connectivity index (χ1n) is 25.3. The molecule has 7 aromatic rings. The molecule has 2 aliphatic heterocycles. The number of carbonyl (C=O) groups excluding carboxylic acids is 4. The van der Waals surface area contributed by atoms with Gasteiger partial charge in [-0.15, -0.1) is 0 Å². The summed E-state index contributed by atoms with van der Waals surface area (Å²) in [5, 5.41) is 51.2. The molecule has 0 aliphatic carbocycles. The summed E-state index contributed by atoms with van der Waals surface area (Å²) in [6, 6.07) is 39.6. The predicted octanol–water partition coefficient (Wildman–Crippen LogP) is 8.19. The number of carbonyl (C=O) groups is 4. The van der Waals surface area contributed by atoms with Crippen LogP contribution in [0, 0.1) is 10.1 Å². The number of para-hydroxylation sites is 4. The van der Waals surface area contributed by atoms with Gasteiger partial charge in [0.1, 0.15) is 5.75 Å². The largest absolute Gasteiger partial charge is 0.414 e. The van der Waals surface area contributed by atoms with Crippen LogP contribution in [-0.2, 0) is 9.59 Å². The summed E-state index contributed by atoms with van der Waals surface area (Å²) >= 11 is 4.92. The number of benzene rings is 5. The molecule has 2 aliphatic rings. The topological polar surface area (TPSA) is 278 Å². The summed E-state index contributed by atoms with van der Waals surface area (Å²) in [7, 11) is 0. The molecule has 0 unspecified atom stereocenters. The molecule has 2 saturated heterocycles. The second kappa shape index (κ2) is 30.9. The molecule has 9 rings (SSSR count). The van der Waals surface area contributed by atoms with Crippen molar-refractivity contribution >= 4 is 85.9 Å². The number of aromatic nitrogens is 4. The number of non-ortho nitro benzene ring substituents is 1. The first-order chi connectivity index (χ1) is 37.4. The van der Waals surface area contributed by atoms with Gasteiger partial charge in [-0.1, -0.05) is 72.8 Å². The number of likely N-dealkylation sites (tertiary alicyclic amines) is 1. The number of anilines is 2. The van der Waals surface area contributed by atoms with Crippen LogP contribution in [0.25, 0.3) is 34.0 Å². The molecule has 404 valence electrons. The summed E-state index contributed by atoms with van der Waals surface area (Å²) in [5.74, 6) is -0.0584. The number of nitro benzene ring substituents is 1. The summed E-state index contributed by atoms with van der Waals surface area (Å²) in [4.78, 5) is 63.1. The van der Waals surface area contributed by atoms with Gasteiger partial charge in [0.15, 0.2) is 0 Å². The molecule has 2 aromatic heterocycles. The molecule has 4 amide bonds. The number of nitrogens with zero attached hydrogens (tertiary/aromatic N) is 6. The Bertz CT molecular complexity index is 3010.